The average Bonchev–Trinajstić information content (AvgIpc) is 3.69. The Morgan fingerprint density at radius 2 is 2.00 bits per heavy atom. The molecule has 5 atom stereocenters. The number of aryl methyl sites for hydroxylation is 1. The maximum atomic E-state index is 14.5. The molecule has 1 heterocycles. The van der Waals surface area contributed by atoms with E-state index in [0.29, 0.717) is 63.3 Å². The Kier molecular flexibility index (Phi) is 11.4. The molecule has 1 fully saturated rings. The zero-order valence-electron chi connectivity index (χ0n) is 24.8. The molecule has 2 amide bonds. The third-order valence-corrected chi connectivity index (χ3v) is 8.42. The molecule has 2 bridgehead atoms. The standard InChI is InChI=1S/C34H44FN3O4/c1-4-8-29-31-32(29)34(41)38(14-5-2)15-12-26(30(39)21-36-20-25-10-7-9-23(6-3)16-25)22-42-28-18-24(17-27(35)19-28)11-13-37-33(31)40/h1,7,9-10,16-19,26,29-32,36,39H,5-6,8,11-15,20-22H2,2-3H3,(H,37,40). The van der Waals surface area contributed by atoms with Crippen molar-refractivity contribution in [2.24, 2.45) is 23.7 Å². The average molecular weight is 578 g/mol. The van der Waals surface area contributed by atoms with Gasteiger partial charge in [0, 0.05) is 51.1 Å². The number of halogens is 1. The van der Waals surface area contributed by atoms with Gasteiger partial charge in [-0.3, -0.25) is 9.59 Å². The fraction of sp³-hybridized carbons (Fsp3) is 0.529. The normalized spacial score (nSPS) is 23.7. The maximum absolute atomic E-state index is 14.5. The van der Waals surface area contributed by atoms with Gasteiger partial charge in [0.2, 0.25) is 11.8 Å². The van der Waals surface area contributed by atoms with E-state index in [-0.39, 0.29) is 30.3 Å². The first kappa shape index (κ1) is 31.5. The Morgan fingerprint density at radius 1 is 1.19 bits per heavy atom. The summed E-state index contributed by atoms with van der Waals surface area (Å²) >= 11 is 0. The SMILES string of the molecule is C#CCC1C2C(=O)NCCc3cc(F)cc(c3)OCC(C(O)CNCc3cccc(CC)c3)CCN(CCC)C(=O)C12. The van der Waals surface area contributed by atoms with E-state index in [4.69, 9.17) is 11.2 Å². The van der Waals surface area contributed by atoms with E-state index < -0.39 is 23.8 Å². The number of hydrogen-bond donors (Lipinski definition) is 3. The lowest BCUT2D eigenvalue weighted by molar-refractivity contribution is -0.135. The third-order valence-electron chi connectivity index (χ3n) is 8.42. The van der Waals surface area contributed by atoms with Crippen molar-refractivity contribution in [3.63, 3.8) is 0 Å². The Hall–Kier alpha value is -3.41. The smallest absolute Gasteiger partial charge is 0.226 e. The molecule has 2 aromatic carbocycles. The van der Waals surface area contributed by atoms with Crippen LogP contribution in [0.4, 0.5) is 4.39 Å². The van der Waals surface area contributed by atoms with Gasteiger partial charge in [-0.1, -0.05) is 38.1 Å². The van der Waals surface area contributed by atoms with Gasteiger partial charge in [-0.05, 0) is 60.4 Å². The number of rotatable bonds is 9. The van der Waals surface area contributed by atoms with Crippen LogP contribution in [0.15, 0.2) is 42.5 Å². The lowest BCUT2D eigenvalue weighted by Crippen LogP contribution is -2.40. The summed E-state index contributed by atoms with van der Waals surface area (Å²) in [5.41, 5.74) is 3.10. The first-order chi connectivity index (χ1) is 20.3. The number of carbonyl (C=O) groups is 2. The number of fused-ring (bicyclic) bond motifs is 3. The van der Waals surface area contributed by atoms with E-state index in [2.05, 4.69) is 41.7 Å². The fourth-order valence-corrected chi connectivity index (χ4v) is 5.97. The molecule has 1 saturated carbocycles. The molecule has 0 spiro atoms. The minimum absolute atomic E-state index is 0.0558. The van der Waals surface area contributed by atoms with Crippen LogP contribution >= 0.6 is 0 Å². The van der Waals surface area contributed by atoms with Crippen molar-refractivity contribution in [2.45, 2.75) is 58.6 Å². The lowest BCUT2D eigenvalue weighted by atomic mass is 9.98. The lowest BCUT2D eigenvalue weighted by Gasteiger charge is -2.28. The van der Waals surface area contributed by atoms with Crippen molar-refractivity contribution in [1.29, 1.82) is 0 Å². The Bertz CT molecular complexity index is 1260. The Balaban J connectivity index is 1.51. The second-order valence-corrected chi connectivity index (χ2v) is 11.5. The van der Waals surface area contributed by atoms with E-state index in [0.717, 1.165) is 18.4 Å². The summed E-state index contributed by atoms with van der Waals surface area (Å²) in [5.74, 6) is 0.953. The van der Waals surface area contributed by atoms with Gasteiger partial charge in [0.1, 0.15) is 11.6 Å². The predicted octanol–water partition coefficient (Wildman–Crippen LogP) is 3.72. The number of terminal acetylenes is 1. The van der Waals surface area contributed by atoms with Crippen LogP contribution < -0.4 is 15.4 Å². The monoisotopic (exact) mass is 577 g/mol. The van der Waals surface area contributed by atoms with Gasteiger partial charge in [-0.25, -0.2) is 4.39 Å². The summed E-state index contributed by atoms with van der Waals surface area (Å²) in [6, 6.07) is 12.9. The van der Waals surface area contributed by atoms with Crippen LogP contribution in [0, 0.1) is 41.8 Å². The van der Waals surface area contributed by atoms with E-state index in [9.17, 15) is 19.1 Å². The molecule has 3 N–H and O–H groups in total. The van der Waals surface area contributed by atoms with Crippen LogP contribution in [0.2, 0.25) is 0 Å². The van der Waals surface area contributed by atoms with Crippen LogP contribution in [0.1, 0.15) is 49.8 Å². The van der Waals surface area contributed by atoms with E-state index in [1.54, 1.807) is 11.0 Å². The summed E-state index contributed by atoms with van der Waals surface area (Å²) in [7, 11) is 0. The molecular weight excluding hydrogens is 533 g/mol. The van der Waals surface area contributed by atoms with Gasteiger partial charge in [0.15, 0.2) is 0 Å². The Morgan fingerprint density at radius 3 is 2.76 bits per heavy atom. The summed E-state index contributed by atoms with van der Waals surface area (Å²) in [6.07, 6.45) is 7.83. The van der Waals surface area contributed by atoms with Crippen molar-refractivity contribution >= 4 is 11.8 Å². The maximum Gasteiger partial charge on any atom is 0.226 e. The molecule has 1 aliphatic heterocycles. The van der Waals surface area contributed by atoms with E-state index >= 15 is 0 Å². The molecular formula is C34H44FN3O4. The van der Waals surface area contributed by atoms with Crippen LogP contribution in [0.5, 0.6) is 5.75 Å². The highest BCUT2D eigenvalue weighted by Crippen LogP contribution is 2.49. The minimum Gasteiger partial charge on any atom is -0.493 e. The fourth-order valence-electron chi connectivity index (χ4n) is 5.97. The molecule has 4 rings (SSSR count). The van der Waals surface area contributed by atoms with Crippen LogP contribution in [0.25, 0.3) is 0 Å². The Labute approximate surface area is 249 Å². The molecule has 7 nitrogen and oxygen atoms in total. The number of carbonyl (C=O) groups excluding carboxylic acids is 2. The first-order valence-corrected chi connectivity index (χ1v) is 15.2. The van der Waals surface area contributed by atoms with Crippen LogP contribution in [-0.4, -0.2) is 60.7 Å². The number of ether oxygens (including phenoxy) is 1. The molecule has 2 aliphatic rings. The van der Waals surface area contributed by atoms with Gasteiger partial charge in [0.05, 0.1) is 24.5 Å². The van der Waals surface area contributed by atoms with Gasteiger partial charge < -0.3 is 25.4 Å². The molecule has 1 aliphatic carbocycles. The van der Waals surface area contributed by atoms with Crippen molar-refractivity contribution in [1.82, 2.24) is 15.5 Å². The highest BCUT2D eigenvalue weighted by molar-refractivity contribution is 5.93. The highest BCUT2D eigenvalue weighted by Gasteiger charge is 2.59. The largest absolute Gasteiger partial charge is 0.493 e. The van der Waals surface area contributed by atoms with Gasteiger partial charge in [-0.2, -0.15) is 0 Å². The summed E-state index contributed by atoms with van der Waals surface area (Å²) in [6.45, 7) is 6.55. The number of benzene rings is 2. The molecule has 8 heteroatoms. The highest BCUT2D eigenvalue weighted by atomic mass is 19.1. The molecule has 0 radical (unpaired) electrons. The topological polar surface area (TPSA) is 90.9 Å². The molecule has 0 saturated heterocycles. The summed E-state index contributed by atoms with van der Waals surface area (Å²) in [5, 5.41) is 17.5. The number of nitrogens with one attached hydrogen (secondary N) is 2. The molecule has 5 unspecified atom stereocenters. The van der Waals surface area contributed by atoms with Crippen molar-refractivity contribution in [2.75, 3.05) is 32.8 Å². The number of hydrogen-bond acceptors (Lipinski definition) is 5. The number of aliphatic hydroxyl groups excluding tert-OH is 1. The van der Waals surface area contributed by atoms with Crippen molar-refractivity contribution < 1.29 is 23.8 Å². The molecule has 226 valence electrons. The zero-order chi connectivity index (χ0) is 30.1. The minimum atomic E-state index is -0.751. The molecule has 2 aromatic rings. The van der Waals surface area contributed by atoms with Crippen LogP contribution in [0.3, 0.4) is 0 Å². The first-order valence-electron chi connectivity index (χ1n) is 15.2. The predicted molar refractivity (Wildman–Crippen MR) is 161 cm³/mol. The number of aliphatic hydroxyl groups is 1. The van der Waals surface area contributed by atoms with Crippen LogP contribution in [-0.2, 0) is 29.0 Å². The second-order valence-electron chi connectivity index (χ2n) is 11.5. The quantitative estimate of drug-likeness (QED) is 0.396. The second kappa shape index (κ2) is 15.2. The molecule has 0 aromatic heterocycles. The van der Waals surface area contributed by atoms with Crippen molar-refractivity contribution in [3.8, 4) is 18.1 Å². The van der Waals surface area contributed by atoms with Gasteiger partial charge in [-0.15, -0.1) is 12.3 Å². The third kappa shape index (κ3) is 8.33. The number of nitrogens with zero attached hydrogens (tertiary/aromatic N) is 1. The zero-order valence-corrected chi connectivity index (χ0v) is 24.8. The van der Waals surface area contributed by atoms with E-state index in [1.807, 2.05) is 13.0 Å². The van der Waals surface area contributed by atoms with E-state index in [1.165, 1.54) is 17.7 Å². The van der Waals surface area contributed by atoms with Gasteiger partial charge in [0.25, 0.3) is 0 Å². The summed E-state index contributed by atoms with van der Waals surface area (Å²) in [4.78, 5) is 28.5. The van der Waals surface area contributed by atoms with Gasteiger partial charge >= 0.3 is 0 Å². The van der Waals surface area contributed by atoms with Crippen molar-refractivity contribution in [3.05, 3.63) is 65.0 Å². The summed E-state index contributed by atoms with van der Waals surface area (Å²) < 4.78 is 20.5. The molecule has 42 heavy (non-hydrogen) atoms. The number of amides is 2.